The fourth-order valence-electron chi connectivity index (χ4n) is 3.26. The van der Waals surface area contributed by atoms with E-state index in [9.17, 15) is 0 Å². The number of benzene rings is 2. The highest BCUT2D eigenvalue weighted by Gasteiger charge is 2.21. The highest BCUT2D eigenvalue weighted by atomic mass is 16.3. The van der Waals surface area contributed by atoms with Crippen LogP contribution in [0.3, 0.4) is 0 Å². The van der Waals surface area contributed by atoms with Crippen LogP contribution in [0.15, 0.2) is 59.1 Å². The van der Waals surface area contributed by atoms with Crippen molar-refractivity contribution in [3.8, 4) is 11.3 Å². The summed E-state index contributed by atoms with van der Waals surface area (Å²) in [5.74, 6) is -1.70. The molecule has 2 aromatic heterocycles. The van der Waals surface area contributed by atoms with Crippen molar-refractivity contribution in [3.05, 3.63) is 65.9 Å². The first-order valence-electron chi connectivity index (χ1n) is 10.0. The van der Waals surface area contributed by atoms with Crippen molar-refractivity contribution in [1.82, 2.24) is 0 Å². The van der Waals surface area contributed by atoms with Gasteiger partial charge in [0.25, 0.3) is 0 Å². The fraction of sp³-hybridized carbons (Fsp3) is 0.227. The molecule has 2 aromatic carbocycles. The Bertz CT molecular complexity index is 1200. The summed E-state index contributed by atoms with van der Waals surface area (Å²) >= 11 is 0. The lowest BCUT2D eigenvalue weighted by atomic mass is 9.97. The molecule has 2 nitrogen and oxygen atoms in total. The molecule has 0 bridgehead atoms. The number of pyridine rings is 1. The summed E-state index contributed by atoms with van der Waals surface area (Å²) < 4.78 is 39.9. The van der Waals surface area contributed by atoms with Crippen molar-refractivity contribution < 1.29 is 14.5 Å². The zero-order chi connectivity index (χ0) is 20.3. The number of para-hydroxylation sites is 1. The SMILES string of the molecule is [2H]C([2H])([2H])C([2H])(C)c1cc[n+](C)c(-c2c(C)ccc3c2oc2ccccc23)c1. The van der Waals surface area contributed by atoms with Crippen LogP contribution in [-0.4, -0.2) is 0 Å². The minimum absolute atomic E-state index is 0.452. The van der Waals surface area contributed by atoms with E-state index in [-0.39, 0.29) is 0 Å². The Hall–Kier alpha value is -2.61. The molecule has 2 heterocycles. The van der Waals surface area contributed by atoms with Gasteiger partial charge in [-0.15, -0.1) is 0 Å². The fourth-order valence-corrected chi connectivity index (χ4v) is 3.26. The molecule has 0 radical (unpaired) electrons. The van der Waals surface area contributed by atoms with Gasteiger partial charge in [0.2, 0.25) is 5.69 Å². The summed E-state index contributed by atoms with van der Waals surface area (Å²) in [4.78, 5) is 0. The quantitative estimate of drug-likeness (QED) is 0.445. The number of hydrogen-bond donors (Lipinski definition) is 0. The Morgan fingerprint density at radius 3 is 2.79 bits per heavy atom. The van der Waals surface area contributed by atoms with Crippen LogP contribution >= 0.6 is 0 Å². The molecule has 4 aromatic rings. The molecule has 0 aliphatic carbocycles. The summed E-state index contributed by atoms with van der Waals surface area (Å²) in [6.07, 6.45) is 1.81. The molecular weight excluding hydrogens is 294 g/mol. The Morgan fingerprint density at radius 1 is 1.12 bits per heavy atom. The summed E-state index contributed by atoms with van der Waals surface area (Å²) in [5.41, 5.74) is 4.81. The second-order valence-corrected chi connectivity index (χ2v) is 6.27. The van der Waals surface area contributed by atoms with Gasteiger partial charge in [-0.2, -0.15) is 0 Å². The van der Waals surface area contributed by atoms with Crippen molar-refractivity contribution >= 4 is 21.9 Å². The third kappa shape index (κ3) is 2.22. The molecule has 0 aliphatic rings. The van der Waals surface area contributed by atoms with Gasteiger partial charge in [0.1, 0.15) is 18.2 Å². The normalized spacial score (nSPS) is 17.1. The predicted molar refractivity (Wildman–Crippen MR) is 99.2 cm³/mol. The summed E-state index contributed by atoms with van der Waals surface area (Å²) in [6, 6.07) is 15.5. The number of aromatic nitrogens is 1. The highest BCUT2D eigenvalue weighted by Crippen LogP contribution is 2.37. The average molecular weight is 320 g/mol. The van der Waals surface area contributed by atoms with Gasteiger partial charge in [-0.05, 0) is 30.0 Å². The maximum Gasteiger partial charge on any atom is 0.216 e. The Labute approximate surface area is 148 Å². The number of furan rings is 1. The number of nitrogens with zero attached hydrogens (tertiary/aromatic N) is 1. The number of aryl methyl sites for hydroxylation is 2. The molecule has 0 N–H and O–H groups in total. The van der Waals surface area contributed by atoms with E-state index < -0.39 is 12.7 Å². The summed E-state index contributed by atoms with van der Waals surface area (Å²) in [7, 11) is 1.91. The molecule has 120 valence electrons. The Morgan fingerprint density at radius 2 is 1.96 bits per heavy atom. The number of hydrogen-bond acceptors (Lipinski definition) is 1. The van der Waals surface area contributed by atoms with Gasteiger partial charge in [0.05, 0.1) is 5.56 Å². The molecule has 0 saturated heterocycles. The van der Waals surface area contributed by atoms with Crippen LogP contribution in [0.1, 0.15) is 36.3 Å². The summed E-state index contributed by atoms with van der Waals surface area (Å²) in [6.45, 7) is 1.02. The number of fused-ring (bicyclic) bond motifs is 3. The molecule has 24 heavy (non-hydrogen) atoms. The van der Waals surface area contributed by atoms with Gasteiger partial charge in [-0.25, -0.2) is 4.57 Å². The van der Waals surface area contributed by atoms with E-state index in [1.807, 2.05) is 49.0 Å². The van der Waals surface area contributed by atoms with Crippen molar-refractivity contribution in [2.75, 3.05) is 0 Å². The second-order valence-electron chi connectivity index (χ2n) is 6.27. The van der Waals surface area contributed by atoms with Crippen LogP contribution in [0.4, 0.5) is 0 Å². The van der Waals surface area contributed by atoms with E-state index in [0.29, 0.717) is 5.56 Å². The first-order chi connectivity index (χ1) is 13.1. The van der Waals surface area contributed by atoms with Crippen LogP contribution in [0.25, 0.3) is 33.2 Å². The molecule has 0 saturated carbocycles. The zero-order valence-electron chi connectivity index (χ0n) is 18.1. The first-order valence-corrected chi connectivity index (χ1v) is 8.02. The predicted octanol–water partition coefficient (Wildman–Crippen LogP) is 5.51. The van der Waals surface area contributed by atoms with E-state index >= 15 is 0 Å². The van der Waals surface area contributed by atoms with E-state index in [1.165, 1.54) is 6.92 Å². The molecule has 0 aliphatic heterocycles. The van der Waals surface area contributed by atoms with Crippen LogP contribution in [0.5, 0.6) is 0 Å². The molecule has 4 rings (SSSR count). The summed E-state index contributed by atoms with van der Waals surface area (Å²) in [5, 5.41) is 2.07. The molecular formula is C22H22NO+. The standard InChI is InChI=1S/C22H22NO/c1-14(2)16-11-12-23(4)19(13-16)21-15(3)9-10-18-17-7-5-6-8-20(17)24-22(18)21/h5-14H,1-4H3/q+1/i1D3,14D. The average Bonchev–Trinajstić information content (AvgIpc) is 3.00. The molecule has 1 unspecified atom stereocenters. The van der Waals surface area contributed by atoms with Crippen molar-refractivity contribution in [2.45, 2.75) is 26.6 Å². The second kappa shape index (κ2) is 5.48. The van der Waals surface area contributed by atoms with Crippen molar-refractivity contribution in [1.29, 1.82) is 0 Å². The first kappa shape index (κ1) is 11.0. The Kier molecular flexibility index (Phi) is 2.52. The molecule has 0 amide bonds. The molecule has 1 atom stereocenters. The van der Waals surface area contributed by atoms with E-state index in [2.05, 4.69) is 12.1 Å². The smallest absolute Gasteiger partial charge is 0.216 e. The third-order valence-electron chi connectivity index (χ3n) is 4.59. The van der Waals surface area contributed by atoms with Gasteiger partial charge in [0, 0.05) is 28.4 Å². The van der Waals surface area contributed by atoms with Gasteiger partial charge in [-0.3, -0.25) is 0 Å². The topological polar surface area (TPSA) is 17.0 Å². The lowest BCUT2D eigenvalue weighted by Crippen LogP contribution is -2.31. The molecule has 0 spiro atoms. The third-order valence-corrected chi connectivity index (χ3v) is 4.59. The molecule has 2 heteroatoms. The maximum absolute atomic E-state index is 8.46. The van der Waals surface area contributed by atoms with Gasteiger partial charge in [-0.1, -0.05) is 44.1 Å². The lowest BCUT2D eigenvalue weighted by molar-refractivity contribution is -0.660. The van der Waals surface area contributed by atoms with Crippen LogP contribution in [0, 0.1) is 6.92 Å². The van der Waals surface area contributed by atoms with Crippen molar-refractivity contribution in [3.63, 3.8) is 0 Å². The van der Waals surface area contributed by atoms with Crippen LogP contribution in [0.2, 0.25) is 0 Å². The van der Waals surface area contributed by atoms with Gasteiger partial charge < -0.3 is 4.42 Å². The lowest BCUT2D eigenvalue weighted by Gasteiger charge is -2.09. The van der Waals surface area contributed by atoms with E-state index in [0.717, 1.165) is 38.8 Å². The minimum Gasteiger partial charge on any atom is -0.455 e. The van der Waals surface area contributed by atoms with E-state index in [4.69, 9.17) is 9.90 Å². The monoisotopic (exact) mass is 320 g/mol. The largest absolute Gasteiger partial charge is 0.455 e. The Balaban J connectivity index is 2.03. The number of rotatable bonds is 2. The van der Waals surface area contributed by atoms with E-state index in [1.54, 1.807) is 12.1 Å². The molecule has 0 fully saturated rings. The van der Waals surface area contributed by atoms with Crippen LogP contribution < -0.4 is 4.57 Å². The zero-order valence-corrected chi connectivity index (χ0v) is 14.1. The van der Waals surface area contributed by atoms with Crippen molar-refractivity contribution in [2.24, 2.45) is 7.05 Å². The minimum atomic E-state index is -2.43. The van der Waals surface area contributed by atoms with Gasteiger partial charge in [0.15, 0.2) is 6.20 Å². The van der Waals surface area contributed by atoms with Gasteiger partial charge >= 0.3 is 0 Å². The maximum atomic E-state index is 8.46. The highest BCUT2D eigenvalue weighted by molar-refractivity contribution is 6.09. The van der Waals surface area contributed by atoms with Crippen LogP contribution in [-0.2, 0) is 7.05 Å².